The van der Waals surface area contributed by atoms with Crippen molar-refractivity contribution in [1.82, 2.24) is 0 Å². The van der Waals surface area contributed by atoms with Crippen LogP contribution in [-0.4, -0.2) is 60.7 Å². The number of Topliss-reactive ketones (excluding diaryl/α,β-unsaturated/α-hetero) is 1. The van der Waals surface area contributed by atoms with E-state index < -0.39 is 40.4 Å². The van der Waals surface area contributed by atoms with Crippen molar-refractivity contribution in [2.24, 2.45) is 28.6 Å². The van der Waals surface area contributed by atoms with Crippen LogP contribution in [0.15, 0.2) is 23.8 Å². The van der Waals surface area contributed by atoms with Crippen LogP contribution in [0.2, 0.25) is 0 Å². The molecule has 0 aromatic heterocycles. The molecular weight excluding hydrogens is 451 g/mol. The zero-order chi connectivity index (χ0) is 25.2. The molecule has 0 bridgehead atoms. The molecule has 9 atom stereocenters. The van der Waals surface area contributed by atoms with E-state index in [-0.39, 0.29) is 36.4 Å². The maximum atomic E-state index is 17.4. The highest BCUT2D eigenvalue weighted by Gasteiger charge is 2.76. The molecule has 3 saturated carbocycles. The molecule has 0 radical (unpaired) electrons. The van der Waals surface area contributed by atoms with E-state index in [0.29, 0.717) is 32.3 Å². The summed E-state index contributed by atoms with van der Waals surface area (Å²) >= 11 is 0. The monoisotopic (exact) mass is 490 g/mol. The van der Waals surface area contributed by atoms with Crippen molar-refractivity contribution in [3.8, 4) is 0 Å². The van der Waals surface area contributed by atoms with Gasteiger partial charge in [0, 0.05) is 30.5 Å². The lowest BCUT2D eigenvalue weighted by Crippen LogP contribution is -2.70. The minimum atomic E-state index is -1.93. The van der Waals surface area contributed by atoms with Crippen molar-refractivity contribution in [3.63, 3.8) is 0 Å². The second-order valence-electron chi connectivity index (χ2n) is 11.9. The number of halogens is 1. The maximum Gasteiger partial charge on any atom is 0.191 e. The minimum absolute atomic E-state index is 0.0555. The number of methoxy groups -OCH3 is 1. The Bertz CT molecular complexity index is 961. The fourth-order valence-corrected chi connectivity index (χ4v) is 8.66. The van der Waals surface area contributed by atoms with Crippen molar-refractivity contribution < 1.29 is 33.3 Å². The molecule has 1 heterocycles. The van der Waals surface area contributed by atoms with Gasteiger partial charge in [-0.3, -0.25) is 9.59 Å². The Balaban J connectivity index is 1.60. The second kappa shape index (κ2) is 8.57. The zero-order valence-electron chi connectivity index (χ0n) is 21.3. The normalized spacial score (nSPS) is 50.3. The summed E-state index contributed by atoms with van der Waals surface area (Å²) in [4.78, 5) is 26.0. The van der Waals surface area contributed by atoms with Crippen molar-refractivity contribution in [2.75, 3.05) is 20.3 Å². The first-order chi connectivity index (χ1) is 16.5. The fraction of sp³-hybridized carbons (Fsp3) is 0.786. The summed E-state index contributed by atoms with van der Waals surface area (Å²) in [6, 6.07) is 0. The average Bonchev–Trinajstić information content (AvgIpc) is 3.03. The molecule has 0 amide bonds. The van der Waals surface area contributed by atoms with Gasteiger partial charge in [0.2, 0.25) is 0 Å². The van der Waals surface area contributed by atoms with Gasteiger partial charge in [-0.1, -0.05) is 25.5 Å². The number of aliphatic hydroxyl groups is 1. The maximum absolute atomic E-state index is 17.4. The van der Waals surface area contributed by atoms with Gasteiger partial charge in [-0.2, -0.15) is 0 Å². The summed E-state index contributed by atoms with van der Waals surface area (Å²) in [5.41, 5.74) is -4.24. The Hall–Kier alpha value is -1.41. The number of ether oxygens (including phenoxy) is 3. The third-order valence-corrected chi connectivity index (χ3v) is 10.4. The van der Waals surface area contributed by atoms with Gasteiger partial charge in [0.1, 0.15) is 12.2 Å². The van der Waals surface area contributed by atoms with E-state index in [0.717, 1.165) is 18.4 Å². The van der Waals surface area contributed by atoms with Crippen molar-refractivity contribution in [1.29, 1.82) is 0 Å². The molecule has 4 aliphatic carbocycles. The largest absolute Gasteiger partial charge is 0.390 e. The van der Waals surface area contributed by atoms with Crippen LogP contribution >= 0.6 is 0 Å². The van der Waals surface area contributed by atoms with Crippen LogP contribution in [0, 0.1) is 28.6 Å². The molecule has 0 aromatic carbocycles. The second-order valence-corrected chi connectivity index (χ2v) is 11.9. The van der Waals surface area contributed by atoms with E-state index in [9.17, 15) is 14.7 Å². The van der Waals surface area contributed by atoms with Crippen LogP contribution in [0.25, 0.3) is 0 Å². The molecule has 0 aromatic rings. The van der Waals surface area contributed by atoms with E-state index in [4.69, 9.17) is 14.2 Å². The molecular formula is C28H39FO6. The third-order valence-electron chi connectivity index (χ3n) is 10.4. The number of hydrogen-bond acceptors (Lipinski definition) is 6. The van der Waals surface area contributed by atoms with E-state index >= 15 is 4.39 Å². The first-order valence-corrected chi connectivity index (χ1v) is 13.2. The number of aliphatic hydroxyl groups excluding tert-OH is 1. The molecule has 4 fully saturated rings. The predicted molar refractivity (Wildman–Crippen MR) is 127 cm³/mol. The topological polar surface area (TPSA) is 82.1 Å². The highest BCUT2D eigenvalue weighted by molar-refractivity contribution is 6.01. The van der Waals surface area contributed by atoms with Crippen LogP contribution in [0.3, 0.4) is 0 Å². The van der Waals surface area contributed by atoms with Gasteiger partial charge in [0.15, 0.2) is 23.5 Å². The van der Waals surface area contributed by atoms with E-state index in [2.05, 4.69) is 0 Å². The highest BCUT2D eigenvalue weighted by Crippen LogP contribution is 2.71. The molecule has 1 N–H and O–H groups in total. The number of alkyl halides is 1. The molecule has 194 valence electrons. The SMILES string of the molecule is COC1CCCCOCC(=O)C2(O1)C(C)CC1C3CCC4=CC(=O)C=CC4(C)C3(F)C(O)CC12C. The molecule has 5 rings (SSSR count). The van der Waals surface area contributed by atoms with Crippen molar-refractivity contribution in [3.05, 3.63) is 23.8 Å². The van der Waals surface area contributed by atoms with Crippen LogP contribution in [-0.2, 0) is 23.8 Å². The summed E-state index contributed by atoms with van der Waals surface area (Å²) in [7, 11) is 1.60. The quantitative estimate of drug-likeness (QED) is 0.596. The number of allylic oxidation sites excluding steroid dienone is 4. The standard InChI is InChI=1S/C28H39FO6/c1-17-13-21-20-9-8-18-14-19(30)10-11-25(18,2)27(20,29)22(31)15-26(21,3)28(17)23(32)16-34-12-6-5-7-24(33-4)35-28/h10-11,14,17,20-22,24,31H,5-9,12-13,15-16H2,1-4H3. The Kier molecular flexibility index (Phi) is 6.18. The first-order valence-electron chi connectivity index (χ1n) is 13.2. The van der Waals surface area contributed by atoms with Crippen LogP contribution < -0.4 is 0 Å². The number of fused-ring (bicyclic) bond motifs is 6. The Morgan fingerprint density at radius 2 is 1.94 bits per heavy atom. The lowest BCUT2D eigenvalue weighted by atomic mass is 9.44. The fourth-order valence-electron chi connectivity index (χ4n) is 8.66. The summed E-state index contributed by atoms with van der Waals surface area (Å²) in [5.74, 6) is -1.09. The number of carbonyl (C=O) groups is 2. The summed E-state index contributed by atoms with van der Waals surface area (Å²) in [5, 5.41) is 11.6. The van der Waals surface area contributed by atoms with Gasteiger partial charge < -0.3 is 19.3 Å². The molecule has 35 heavy (non-hydrogen) atoms. The molecule has 1 aliphatic heterocycles. The van der Waals surface area contributed by atoms with E-state index in [1.54, 1.807) is 19.3 Å². The number of carbonyl (C=O) groups excluding carboxylic acids is 2. The van der Waals surface area contributed by atoms with Crippen LogP contribution in [0.4, 0.5) is 4.39 Å². The average molecular weight is 491 g/mol. The third kappa shape index (κ3) is 3.27. The lowest BCUT2D eigenvalue weighted by Gasteiger charge is -2.63. The number of rotatable bonds is 1. The van der Waals surface area contributed by atoms with Crippen molar-refractivity contribution in [2.45, 2.75) is 89.4 Å². The highest BCUT2D eigenvalue weighted by atomic mass is 19.1. The smallest absolute Gasteiger partial charge is 0.191 e. The Labute approximate surface area is 207 Å². The summed E-state index contributed by atoms with van der Waals surface area (Å²) < 4.78 is 35.5. The number of hydrogen-bond donors (Lipinski definition) is 1. The van der Waals surface area contributed by atoms with Gasteiger partial charge >= 0.3 is 0 Å². The first kappa shape index (κ1) is 25.2. The Morgan fingerprint density at radius 3 is 2.69 bits per heavy atom. The molecule has 6 nitrogen and oxygen atoms in total. The van der Waals surface area contributed by atoms with Crippen molar-refractivity contribution >= 4 is 11.6 Å². The van der Waals surface area contributed by atoms with E-state index in [1.165, 1.54) is 6.08 Å². The van der Waals surface area contributed by atoms with Gasteiger partial charge in [-0.15, -0.1) is 0 Å². The molecule has 9 unspecified atom stereocenters. The lowest BCUT2D eigenvalue weighted by molar-refractivity contribution is -0.269. The minimum Gasteiger partial charge on any atom is -0.390 e. The zero-order valence-corrected chi connectivity index (χ0v) is 21.3. The van der Waals surface area contributed by atoms with Gasteiger partial charge in [0.05, 0.1) is 6.10 Å². The van der Waals surface area contributed by atoms with Crippen LogP contribution in [0.5, 0.6) is 0 Å². The number of ketones is 2. The summed E-state index contributed by atoms with van der Waals surface area (Å²) in [6.07, 6.45) is 6.96. The molecule has 1 saturated heterocycles. The van der Waals surface area contributed by atoms with Gasteiger partial charge in [-0.05, 0) is 75.9 Å². The summed E-state index contributed by atoms with van der Waals surface area (Å²) in [6.45, 7) is 6.29. The molecule has 5 aliphatic rings. The van der Waals surface area contributed by atoms with Gasteiger partial charge in [-0.25, -0.2) is 4.39 Å². The van der Waals surface area contributed by atoms with E-state index in [1.807, 2.05) is 20.8 Å². The molecule has 7 heteroatoms. The predicted octanol–water partition coefficient (Wildman–Crippen LogP) is 4.10. The molecule has 1 spiro atoms. The Morgan fingerprint density at radius 1 is 1.17 bits per heavy atom. The van der Waals surface area contributed by atoms with Crippen LogP contribution in [0.1, 0.15) is 65.7 Å². The van der Waals surface area contributed by atoms with Gasteiger partial charge in [0.25, 0.3) is 0 Å².